The molecule has 5 heteroatoms. The Kier molecular flexibility index (Phi) is 3.96. The maximum atomic E-state index is 13.5. The van der Waals surface area contributed by atoms with Gasteiger partial charge in [0.15, 0.2) is 0 Å². The summed E-state index contributed by atoms with van der Waals surface area (Å²) in [5.41, 5.74) is -2.66. The maximum Gasteiger partial charge on any atom is 0.425 e. The topological polar surface area (TPSA) is 23.5 Å². The molecule has 2 nitrogen and oxygen atoms in total. The fourth-order valence-electron chi connectivity index (χ4n) is 2.17. The van der Waals surface area contributed by atoms with Crippen LogP contribution in [0.1, 0.15) is 11.1 Å². The van der Waals surface area contributed by atoms with Crippen LogP contribution < -0.4 is 4.90 Å². The molecule has 0 fully saturated rings. The first-order chi connectivity index (χ1) is 9.76. The van der Waals surface area contributed by atoms with Crippen LogP contribution in [0, 0.1) is 0 Å². The minimum absolute atomic E-state index is 0.199. The van der Waals surface area contributed by atoms with Gasteiger partial charge in [-0.2, -0.15) is 13.2 Å². The summed E-state index contributed by atoms with van der Waals surface area (Å²) in [7, 11) is 3.59. The summed E-state index contributed by atoms with van der Waals surface area (Å²) in [5, 5.41) is 10.4. The molecule has 1 unspecified atom stereocenters. The summed E-state index contributed by atoms with van der Waals surface area (Å²) in [6.45, 7) is 0. The van der Waals surface area contributed by atoms with Crippen molar-refractivity contribution >= 4 is 5.69 Å². The first-order valence-corrected chi connectivity index (χ1v) is 6.39. The molecule has 0 bridgehead atoms. The van der Waals surface area contributed by atoms with Gasteiger partial charge in [-0.25, -0.2) is 0 Å². The summed E-state index contributed by atoms with van der Waals surface area (Å²) >= 11 is 0. The van der Waals surface area contributed by atoms with Crippen molar-refractivity contribution in [2.45, 2.75) is 11.8 Å². The molecule has 0 radical (unpaired) electrons. The van der Waals surface area contributed by atoms with Crippen LogP contribution in [0.15, 0.2) is 54.6 Å². The highest BCUT2D eigenvalue weighted by Gasteiger charge is 2.56. The molecular weight excluding hydrogens is 279 g/mol. The number of aliphatic hydroxyl groups is 1. The highest BCUT2D eigenvalue weighted by molar-refractivity contribution is 5.49. The lowest BCUT2D eigenvalue weighted by Gasteiger charge is -2.31. The lowest BCUT2D eigenvalue weighted by molar-refractivity contribution is -0.248. The van der Waals surface area contributed by atoms with Crippen molar-refractivity contribution < 1.29 is 18.3 Å². The normalized spacial score (nSPS) is 14.6. The third kappa shape index (κ3) is 2.74. The molecule has 0 amide bonds. The van der Waals surface area contributed by atoms with E-state index in [1.165, 1.54) is 36.4 Å². The molecule has 0 heterocycles. The van der Waals surface area contributed by atoms with Crippen LogP contribution in [-0.4, -0.2) is 25.4 Å². The van der Waals surface area contributed by atoms with E-state index in [-0.39, 0.29) is 11.1 Å². The molecule has 2 rings (SSSR count). The van der Waals surface area contributed by atoms with Crippen molar-refractivity contribution in [1.82, 2.24) is 0 Å². The molecule has 0 aliphatic carbocycles. The number of anilines is 1. The highest BCUT2D eigenvalue weighted by atomic mass is 19.4. The Labute approximate surface area is 121 Å². The van der Waals surface area contributed by atoms with Crippen molar-refractivity contribution in [2.75, 3.05) is 19.0 Å². The second kappa shape index (κ2) is 5.41. The molecule has 0 saturated carbocycles. The molecule has 2 aromatic carbocycles. The third-order valence-electron chi connectivity index (χ3n) is 3.40. The summed E-state index contributed by atoms with van der Waals surface area (Å²) < 4.78 is 40.4. The zero-order valence-corrected chi connectivity index (χ0v) is 11.7. The van der Waals surface area contributed by atoms with E-state index in [1.54, 1.807) is 37.2 Å². The van der Waals surface area contributed by atoms with Crippen LogP contribution in [0.5, 0.6) is 0 Å². The fourth-order valence-corrected chi connectivity index (χ4v) is 2.17. The number of benzene rings is 2. The van der Waals surface area contributed by atoms with Gasteiger partial charge in [0.2, 0.25) is 5.60 Å². The molecule has 0 spiro atoms. The maximum absolute atomic E-state index is 13.5. The zero-order valence-electron chi connectivity index (χ0n) is 11.7. The van der Waals surface area contributed by atoms with Crippen molar-refractivity contribution in [3.63, 3.8) is 0 Å². The molecule has 0 aromatic heterocycles. The SMILES string of the molecule is CN(C)c1ccc(C(O)(c2ccccc2)C(F)(F)F)cc1. The minimum atomic E-state index is -4.81. The number of halogens is 3. The summed E-state index contributed by atoms with van der Waals surface area (Å²) in [6, 6.07) is 12.8. The Balaban J connectivity index is 2.56. The van der Waals surface area contributed by atoms with Gasteiger partial charge in [0.1, 0.15) is 0 Å². The first kappa shape index (κ1) is 15.4. The van der Waals surface area contributed by atoms with E-state index in [0.717, 1.165) is 5.69 Å². The molecule has 0 aliphatic rings. The van der Waals surface area contributed by atoms with Crippen LogP contribution in [-0.2, 0) is 5.60 Å². The molecule has 2 aromatic rings. The van der Waals surface area contributed by atoms with Crippen LogP contribution in [0.2, 0.25) is 0 Å². The van der Waals surface area contributed by atoms with Gasteiger partial charge in [-0.3, -0.25) is 0 Å². The average molecular weight is 295 g/mol. The summed E-state index contributed by atoms with van der Waals surface area (Å²) in [4.78, 5) is 1.78. The van der Waals surface area contributed by atoms with E-state index in [9.17, 15) is 18.3 Å². The predicted octanol–water partition coefficient (Wildman–Crippen LogP) is 3.55. The quantitative estimate of drug-likeness (QED) is 0.936. The standard InChI is InChI=1S/C16H16F3NO/c1-20(2)14-10-8-13(9-11-14)15(21,16(17,18)19)12-6-4-3-5-7-12/h3-11,21H,1-2H3. The molecular formula is C16H16F3NO. The van der Waals surface area contributed by atoms with E-state index < -0.39 is 11.8 Å². The Morgan fingerprint density at radius 2 is 1.29 bits per heavy atom. The highest BCUT2D eigenvalue weighted by Crippen LogP contribution is 2.44. The van der Waals surface area contributed by atoms with Crippen molar-refractivity contribution in [3.05, 3.63) is 65.7 Å². The van der Waals surface area contributed by atoms with E-state index in [1.807, 2.05) is 0 Å². The number of hydrogen-bond donors (Lipinski definition) is 1. The number of hydrogen-bond acceptors (Lipinski definition) is 2. The molecule has 1 N–H and O–H groups in total. The van der Waals surface area contributed by atoms with Gasteiger partial charge in [0.05, 0.1) is 0 Å². The first-order valence-electron chi connectivity index (χ1n) is 6.39. The van der Waals surface area contributed by atoms with E-state index in [4.69, 9.17) is 0 Å². The largest absolute Gasteiger partial charge is 0.425 e. The lowest BCUT2D eigenvalue weighted by Crippen LogP contribution is -2.43. The molecule has 0 saturated heterocycles. The van der Waals surface area contributed by atoms with E-state index in [2.05, 4.69) is 0 Å². The summed E-state index contributed by atoms with van der Waals surface area (Å²) in [6.07, 6.45) is -4.81. The van der Waals surface area contributed by atoms with Crippen molar-refractivity contribution in [3.8, 4) is 0 Å². The Morgan fingerprint density at radius 3 is 1.71 bits per heavy atom. The molecule has 112 valence electrons. The minimum Gasteiger partial charge on any atom is -0.378 e. The van der Waals surface area contributed by atoms with Gasteiger partial charge in [-0.1, -0.05) is 42.5 Å². The average Bonchev–Trinajstić information content (AvgIpc) is 2.46. The zero-order chi connectivity index (χ0) is 15.7. The van der Waals surface area contributed by atoms with Crippen LogP contribution >= 0.6 is 0 Å². The van der Waals surface area contributed by atoms with Gasteiger partial charge in [-0.05, 0) is 23.3 Å². The second-order valence-corrected chi connectivity index (χ2v) is 5.02. The van der Waals surface area contributed by atoms with Gasteiger partial charge >= 0.3 is 6.18 Å². The fraction of sp³-hybridized carbons (Fsp3) is 0.250. The smallest absolute Gasteiger partial charge is 0.378 e. The third-order valence-corrected chi connectivity index (χ3v) is 3.40. The van der Waals surface area contributed by atoms with Crippen LogP contribution in [0.4, 0.5) is 18.9 Å². The Bertz CT molecular complexity index is 593. The molecule has 1 atom stereocenters. The lowest BCUT2D eigenvalue weighted by atomic mass is 9.85. The number of rotatable bonds is 3. The monoisotopic (exact) mass is 295 g/mol. The second-order valence-electron chi connectivity index (χ2n) is 5.02. The van der Waals surface area contributed by atoms with Gasteiger partial charge in [-0.15, -0.1) is 0 Å². The van der Waals surface area contributed by atoms with Crippen molar-refractivity contribution in [1.29, 1.82) is 0 Å². The van der Waals surface area contributed by atoms with E-state index in [0.29, 0.717) is 0 Å². The van der Waals surface area contributed by atoms with Crippen molar-refractivity contribution in [2.24, 2.45) is 0 Å². The van der Waals surface area contributed by atoms with Gasteiger partial charge in [0.25, 0.3) is 0 Å². The molecule has 0 aliphatic heterocycles. The van der Waals surface area contributed by atoms with E-state index >= 15 is 0 Å². The Hall–Kier alpha value is -2.01. The predicted molar refractivity (Wildman–Crippen MR) is 76.3 cm³/mol. The van der Waals surface area contributed by atoms with Crippen LogP contribution in [0.3, 0.4) is 0 Å². The van der Waals surface area contributed by atoms with Crippen LogP contribution in [0.25, 0.3) is 0 Å². The molecule has 21 heavy (non-hydrogen) atoms. The van der Waals surface area contributed by atoms with Gasteiger partial charge < -0.3 is 10.0 Å². The number of alkyl halides is 3. The van der Waals surface area contributed by atoms with Gasteiger partial charge in [0, 0.05) is 19.8 Å². The summed E-state index contributed by atoms with van der Waals surface area (Å²) in [5.74, 6) is 0. The number of nitrogens with zero attached hydrogens (tertiary/aromatic N) is 1. The Morgan fingerprint density at radius 1 is 0.810 bits per heavy atom.